The largest absolute Gasteiger partial charge is 0.381 e. The highest BCUT2D eigenvalue weighted by molar-refractivity contribution is 7.80. The van der Waals surface area contributed by atoms with Crippen molar-refractivity contribution in [3.05, 3.63) is 46.1 Å². The molecule has 0 amide bonds. The van der Waals surface area contributed by atoms with Gasteiger partial charge in [-0.05, 0) is 55.6 Å². The molecule has 1 aromatic heterocycles. The van der Waals surface area contributed by atoms with Crippen molar-refractivity contribution in [2.45, 2.75) is 31.1 Å². The van der Waals surface area contributed by atoms with Crippen LogP contribution in [0, 0.1) is 0 Å². The number of benzene rings is 1. The first kappa shape index (κ1) is 21.6. The first-order valence-corrected chi connectivity index (χ1v) is 11.4. The van der Waals surface area contributed by atoms with Gasteiger partial charge in [-0.15, -0.1) is 0 Å². The maximum atomic E-state index is 6.22. The highest BCUT2D eigenvalue weighted by Gasteiger charge is 2.34. The number of anilines is 2. The van der Waals surface area contributed by atoms with Crippen molar-refractivity contribution in [1.29, 1.82) is 0 Å². The Balaban J connectivity index is 1.43. The molecule has 2 aromatic rings. The summed E-state index contributed by atoms with van der Waals surface area (Å²) in [5, 5.41) is 8.07. The van der Waals surface area contributed by atoms with E-state index in [9.17, 15) is 0 Å². The Morgan fingerprint density at radius 2 is 1.80 bits per heavy atom. The molecule has 2 N–H and O–H groups in total. The Bertz CT molecular complexity index is 883. The van der Waals surface area contributed by atoms with Gasteiger partial charge in [-0.2, -0.15) is 4.98 Å². The maximum Gasteiger partial charge on any atom is 0.232 e. The van der Waals surface area contributed by atoms with Crippen molar-refractivity contribution in [2.24, 2.45) is 0 Å². The summed E-state index contributed by atoms with van der Waals surface area (Å²) in [5.74, 6) is 1.24. The van der Waals surface area contributed by atoms with Crippen LogP contribution in [0.2, 0.25) is 10.2 Å². The van der Waals surface area contributed by atoms with E-state index in [1.807, 2.05) is 12.1 Å². The lowest BCUT2D eigenvalue weighted by molar-refractivity contribution is 0.0515. The minimum atomic E-state index is -0.0650. The molecule has 0 atom stereocenters. The first-order valence-electron chi connectivity index (χ1n) is 10.2. The van der Waals surface area contributed by atoms with Gasteiger partial charge in [-0.1, -0.05) is 35.3 Å². The lowest BCUT2D eigenvalue weighted by atomic mass is 9.74. The number of aromatic nitrogens is 2. The van der Waals surface area contributed by atoms with Gasteiger partial charge in [0.15, 0.2) is 5.11 Å². The van der Waals surface area contributed by atoms with Gasteiger partial charge in [-0.25, -0.2) is 4.98 Å². The summed E-state index contributed by atoms with van der Waals surface area (Å²) >= 11 is 17.8. The smallest absolute Gasteiger partial charge is 0.232 e. The lowest BCUT2D eigenvalue weighted by Gasteiger charge is -2.38. The molecule has 2 fully saturated rings. The molecule has 160 valence electrons. The Kier molecular flexibility index (Phi) is 6.93. The molecule has 4 rings (SSSR count). The zero-order valence-electron chi connectivity index (χ0n) is 16.7. The standard InChI is InChI=1S/C21H25Cl2N5OS/c22-16-5-3-15(4-6-16)21(7-11-29-12-8-21)14-24-20(30)27-19-25-17(23)13-18(26-19)28-9-1-2-10-28/h3-6,13H,1-2,7-12,14H2,(H2,24,25,26,27,30). The van der Waals surface area contributed by atoms with Crippen molar-refractivity contribution >= 4 is 52.3 Å². The number of nitrogens with zero attached hydrogens (tertiary/aromatic N) is 3. The molecule has 0 radical (unpaired) electrons. The molecule has 6 nitrogen and oxygen atoms in total. The maximum absolute atomic E-state index is 6.22. The molecule has 0 spiro atoms. The fourth-order valence-corrected chi connectivity index (χ4v) is 4.57. The summed E-state index contributed by atoms with van der Waals surface area (Å²) in [6.07, 6.45) is 4.16. The summed E-state index contributed by atoms with van der Waals surface area (Å²) in [4.78, 5) is 11.1. The average Bonchev–Trinajstić information content (AvgIpc) is 3.28. The van der Waals surface area contributed by atoms with Crippen LogP contribution in [0.3, 0.4) is 0 Å². The normalized spacial score (nSPS) is 18.3. The Morgan fingerprint density at radius 3 is 2.50 bits per heavy atom. The zero-order chi connectivity index (χ0) is 21.0. The monoisotopic (exact) mass is 465 g/mol. The molecule has 3 heterocycles. The SMILES string of the molecule is S=C(NCC1(c2ccc(Cl)cc2)CCOCC1)Nc1nc(Cl)cc(N2CCCC2)n1. The third-order valence-corrected chi connectivity index (χ3v) is 6.52. The number of hydrogen-bond donors (Lipinski definition) is 2. The summed E-state index contributed by atoms with van der Waals surface area (Å²) in [6, 6.07) is 9.85. The van der Waals surface area contributed by atoms with Crippen LogP contribution in [0.5, 0.6) is 0 Å². The van der Waals surface area contributed by atoms with Crippen molar-refractivity contribution in [3.8, 4) is 0 Å². The van der Waals surface area contributed by atoms with Crippen molar-refractivity contribution < 1.29 is 4.74 Å². The Labute approximate surface area is 192 Å². The van der Waals surface area contributed by atoms with Gasteiger partial charge in [-0.3, -0.25) is 0 Å². The summed E-state index contributed by atoms with van der Waals surface area (Å²) in [6.45, 7) is 4.11. The number of hydrogen-bond acceptors (Lipinski definition) is 5. The second-order valence-corrected chi connectivity index (χ2v) is 9.01. The fourth-order valence-electron chi connectivity index (χ4n) is 4.10. The van der Waals surface area contributed by atoms with E-state index < -0.39 is 0 Å². The van der Waals surface area contributed by atoms with Gasteiger partial charge < -0.3 is 20.3 Å². The van der Waals surface area contributed by atoms with Gasteiger partial charge in [0.25, 0.3) is 0 Å². The van der Waals surface area contributed by atoms with Gasteiger partial charge in [0, 0.05) is 49.4 Å². The Hall–Kier alpha value is -1.67. The quantitative estimate of drug-likeness (QED) is 0.500. The first-order chi connectivity index (χ1) is 14.5. The number of halogens is 2. The summed E-state index contributed by atoms with van der Waals surface area (Å²) in [5.41, 5.74) is 1.17. The van der Waals surface area contributed by atoms with Crippen LogP contribution in [0.4, 0.5) is 11.8 Å². The highest BCUT2D eigenvalue weighted by Crippen LogP contribution is 2.35. The summed E-state index contributed by atoms with van der Waals surface area (Å²) in [7, 11) is 0. The molecule has 2 aliphatic heterocycles. The fraction of sp³-hybridized carbons (Fsp3) is 0.476. The van der Waals surface area contributed by atoms with Gasteiger partial charge in [0.2, 0.25) is 5.95 Å². The molecule has 0 saturated carbocycles. The van der Waals surface area contributed by atoms with Crippen LogP contribution in [0.15, 0.2) is 30.3 Å². The minimum Gasteiger partial charge on any atom is -0.381 e. The van der Waals surface area contributed by atoms with E-state index in [0.717, 1.165) is 50.0 Å². The van der Waals surface area contributed by atoms with Gasteiger partial charge in [0.1, 0.15) is 11.0 Å². The molecular weight excluding hydrogens is 441 g/mol. The number of thiocarbonyl (C=S) groups is 1. The van der Waals surface area contributed by atoms with E-state index >= 15 is 0 Å². The molecule has 0 aliphatic carbocycles. The number of nitrogens with one attached hydrogen (secondary N) is 2. The van der Waals surface area contributed by atoms with Crippen molar-refractivity contribution in [1.82, 2.24) is 15.3 Å². The van der Waals surface area contributed by atoms with E-state index in [-0.39, 0.29) is 5.41 Å². The molecule has 9 heteroatoms. The second-order valence-electron chi connectivity index (χ2n) is 7.77. The molecule has 1 aromatic carbocycles. The van der Waals surface area contributed by atoms with Crippen LogP contribution in [-0.4, -0.2) is 47.9 Å². The molecule has 0 unspecified atom stereocenters. The second kappa shape index (κ2) is 9.64. The van der Waals surface area contributed by atoms with Crippen LogP contribution in [-0.2, 0) is 10.2 Å². The molecular formula is C21H25Cl2N5OS. The van der Waals surface area contributed by atoms with Crippen LogP contribution >= 0.6 is 35.4 Å². The van der Waals surface area contributed by atoms with Crippen LogP contribution in [0.1, 0.15) is 31.2 Å². The number of ether oxygens (including phenoxy) is 1. The molecule has 0 bridgehead atoms. The van der Waals surface area contributed by atoms with E-state index in [1.54, 1.807) is 6.07 Å². The number of rotatable bonds is 5. The van der Waals surface area contributed by atoms with E-state index in [4.69, 9.17) is 40.2 Å². The van der Waals surface area contributed by atoms with Crippen LogP contribution < -0.4 is 15.5 Å². The lowest BCUT2D eigenvalue weighted by Crippen LogP contribution is -2.45. The van der Waals surface area contributed by atoms with E-state index in [1.165, 1.54) is 18.4 Å². The zero-order valence-corrected chi connectivity index (χ0v) is 19.0. The van der Waals surface area contributed by atoms with Gasteiger partial charge >= 0.3 is 0 Å². The van der Waals surface area contributed by atoms with E-state index in [2.05, 4.69) is 37.6 Å². The predicted molar refractivity (Wildman–Crippen MR) is 126 cm³/mol. The third kappa shape index (κ3) is 5.14. The van der Waals surface area contributed by atoms with Crippen molar-refractivity contribution in [3.63, 3.8) is 0 Å². The van der Waals surface area contributed by atoms with Gasteiger partial charge in [0.05, 0.1) is 0 Å². The molecule has 30 heavy (non-hydrogen) atoms. The molecule has 2 aliphatic rings. The summed E-state index contributed by atoms with van der Waals surface area (Å²) < 4.78 is 5.61. The van der Waals surface area contributed by atoms with Crippen molar-refractivity contribution in [2.75, 3.05) is 43.1 Å². The minimum absolute atomic E-state index is 0.0650. The van der Waals surface area contributed by atoms with E-state index in [0.29, 0.717) is 22.8 Å². The van der Waals surface area contributed by atoms with Crippen LogP contribution in [0.25, 0.3) is 0 Å². The topological polar surface area (TPSA) is 62.3 Å². The Morgan fingerprint density at radius 1 is 1.10 bits per heavy atom. The average molecular weight is 466 g/mol. The predicted octanol–water partition coefficient (Wildman–Crippen LogP) is 4.42. The third-order valence-electron chi connectivity index (χ3n) is 5.83. The highest BCUT2D eigenvalue weighted by atomic mass is 35.5. The molecule has 2 saturated heterocycles.